The lowest BCUT2D eigenvalue weighted by Crippen LogP contribution is -2.42. The Hall–Kier alpha value is -1.67. The molecule has 0 bridgehead atoms. The van der Waals surface area contributed by atoms with Gasteiger partial charge in [0.25, 0.3) is 0 Å². The van der Waals surface area contributed by atoms with Crippen molar-refractivity contribution in [3.8, 4) is 0 Å². The van der Waals surface area contributed by atoms with Gasteiger partial charge in [0, 0.05) is 20.1 Å². The fourth-order valence-corrected chi connectivity index (χ4v) is 3.74. The Morgan fingerprint density at radius 1 is 1.33 bits per heavy atom. The number of benzene rings is 1. The van der Waals surface area contributed by atoms with Crippen molar-refractivity contribution in [2.24, 2.45) is 12.2 Å². The first-order valence-corrected chi connectivity index (χ1v) is 8.36. The minimum absolute atomic E-state index is 0.312. The molecule has 6 nitrogen and oxygen atoms in total. The zero-order valence-electron chi connectivity index (χ0n) is 11.7. The summed E-state index contributed by atoms with van der Waals surface area (Å²) in [7, 11) is -1.72. The number of piperidine rings is 1. The van der Waals surface area contributed by atoms with E-state index in [0.29, 0.717) is 42.9 Å². The second kappa shape index (κ2) is 4.96. The molecule has 1 aromatic heterocycles. The number of rotatable bonds is 2. The highest BCUT2D eigenvalue weighted by Gasteiger charge is 2.29. The summed E-state index contributed by atoms with van der Waals surface area (Å²) in [4.78, 5) is 6.43. The average molecular weight is 312 g/mol. The lowest BCUT2D eigenvalue weighted by Gasteiger charge is -2.31. The minimum Gasteiger partial charge on any atom is -0.342 e. The van der Waals surface area contributed by atoms with Gasteiger partial charge < -0.3 is 9.47 Å². The Balaban J connectivity index is 1.90. The third-order valence-electron chi connectivity index (χ3n) is 4.01. The van der Waals surface area contributed by atoms with E-state index in [1.807, 2.05) is 4.90 Å². The van der Waals surface area contributed by atoms with Gasteiger partial charge in [-0.15, -0.1) is 0 Å². The second-order valence-corrected chi connectivity index (χ2v) is 7.20. The quantitative estimate of drug-likeness (QED) is 0.896. The molecule has 2 aromatic rings. The monoisotopic (exact) mass is 312 g/mol. The molecule has 1 saturated heterocycles. The molecule has 3 rings (SSSR count). The topological polar surface area (TPSA) is 81.2 Å². The van der Waals surface area contributed by atoms with E-state index in [-0.39, 0.29) is 5.82 Å². The number of sulfonamides is 1. The molecule has 1 aromatic carbocycles. The number of nitrogens with zero attached hydrogens (tertiary/aromatic N) is 3. The third kappa shape index (κ3) is 2.49. The van der Waals surface area contributed by atoms with Crippen molar-refractivity contribution in [1.29, 1.82) is 0 Å². The Kier molecular flexibility index (Phi) is 3.37. The number of aryl methyl sites for hydroxylation is 1. The SMILES string of the molecule is Cn1c(N2CCC(S(N)(=O)=O)CC2)nc2cccc(F)c21. The van der Waals surface area contributed by atoms with Crippen molar-refractivity contribution in [3.05, 3.63) is 24.0 Å². The highest BCUT2D eigenvalue weighted by Crippen LogP contribution is 2.26. The maximum Gasteiger partial charge on any atom is 0.212 e. The fraction of sp³-hybridized carbons (Fsp3) is 0.462. The standard InChI is InChI=1S/C13H17FN4O2S/c1-17-12-10(14)3-2-4-11(12)16-13(17)18-7-5-9(6-8-18)21(15,19)20/h2-4,9H,5-8H2,1H3,(H2,15,19,20). The lowest BCUT2D eigenvalue weighted by atomic mass is 10.1. The van der Waals surface area contributed by atoms with Gasteiger partial charge in [-0.05, 0) is 25.0 Å². The van der Waals surface area contributed by atoms with Gasteiger partial charge in [0.15, 0.2) is 0 Å². The van der Waals surface area contributed by atoms with Gasteiger partial charge in [-0.1, -0.05) is 6.07 Å². The maximum atomic E-state index is 13.9. The summed E-state index contributed by atoms with van der Waals surface area (Å²) in [6.45, 7) is 1.08. The number of para-hydroxylation sites is 1. The van der Waals surface area contributed by atoms with Crippen LogP contribution >= 0.6 is 0 Å². The molecule has 0 radical (unpaired) electrons. The molecule has 2 N–H and O–H groups in total. The average Bonchev–Trinajstić information content (AvgIpc) is 2.77. The molecule has 114 valence electrons. The van der Waals surface area contributed by atoms with Crippen LogP contribution in [-0.4, -0.2) is 36.3 Å². The van der Waals surface area contributed by atoms with E-state index in [4.69, 9.17) is 5.14 Å². The van der Waals surface area contributed by atoms with Gasteiger partial charge in [-0.25, -0.2) is 22.9 Å². The van der Waals surface area contributed by atoms with E-state index in [2.05, 4.69) is 4.98 Å². The Morgan fingerprint density at radius 3 is 2.57 bits per heavy atom. The van der Waals surface area contributed by atoms with Crippen LogP contribution in [0.1, 0.15) is 12.8 Å². The van der Waals surface area contributed by atoms with Gasteiger partial charge in [-0.3, -0.25) is 0 Å². The molecular formula is C13H17FN4O2S. The van der Waals surface area contributed by atoms with Crippen LogP contribution < -0.4 is 10.0 Å². The second-order valence-electron chi connectivity index (χ2n) is 5.35. The van der Waals surface area contributed by atoms with E-state index in [1.54, 1.807) is 23.7 Å². The predicted octanol–water partition coefficient (Wildman–Crippen LogP) is 0.970. The molecule has 0 amide bonds. The first kappa shape index (κ1) is 14.3. The van der Waals surface area contributed by atoms with Crippen LogP contribution in [0.15, 0.2) is 18.2 Å². The normalized spacial score (nSPS) is 17.6. The van der Waals surface area contributed by atoms with Crippen molar-refractivity contribution < 1.29 is 12.8 Å². The molecule has 0 spiro atoms. The molecule has 0 unspecified atom stereocenters. The highest BCUT2D eigenvalue weighted by molar-refractivity contribution is 7.89. The van der Waals surface area contributed by atoms with Gasteiger partial charge in [0.05, 0.1) is 10.8 Å². The third-order valence-corrected chi connectivity index (χ3v) is 5.41. The van der Waals surface area contributed by atoms with E-state index < -0.39 is 15.3 Å². The van der Waals surface area contributed by atoms with E-state index in [1.165, 1.54) is 6.07 Å². The number of imidazole rings is 1. The van der Waals surface area contributed by atoms with Crippen LogP contribution in [0, 0.1) is 5.82 Å². The zero-order chi connectivity index (χ0) is 15.2. The summed E-state index contributed by atoms with van der Waals surface area (Å²) in [5.74, 6) is 0.344. The van der Waals surface area contributed by atoms with Gasteiger partial charge in [0.2, 0.25) is 16.0 Å². The Bertz CT molecular complexity index is 779. The lowest BCUT2D eigenvalue weighted by molar-refractivity contribution is 0.524. The minimum atomic E-state index is -3.49. The number of hydrogen-bond acceptors (Lipinski definition) is 4. The highest BCUT2D eigenvalue weighted by atomic mass is 32.2. The summed E-state index contributed by atoms with van der Waals surface area (Å²) in [6, 6.07) is 4.79. The molecule has 8 heteroatoms. The van der Waals surface area contributed by atoms with E-state index >= 15 is 0 Å². The molecule has 1 fully saturated rings. The molecular weight excluding hydrogens is 295 g/mol. The molecule has 1 aliphatic rings. The maximum absolute atomic E-state index is 13.9. The zero-order valence-corrected chi connectivity index (χ0v) is 12.5. The molecule has 21 heavy (non-hydrogen) atoms. The predicted molar refractivity (Wildman–Crippen MR) is 79.0 cm³/mol. The number of primary sulfonamides is 1. The molecule has 2 heterocycles. The van der Waals surface area contributed by atoms with Crippen LogP contribution in [-0.2, 0) is 17.1 Å². The number of halogens is 1. The van der Waals surface area contributed by atoms with Crippen molar-refractivity contribution >= 4 is 27.0 Å². The first-order valence-electron chi connectivity index (χ1n) is 6.75. The van der Waals surface area contributed by atoms with Crippen molar-refractivity contribution in [2.75, 3.05) is 18.0 Å². The van der Waals surface area contributed by atoms with Crippen LogP contribution in [0.4, 0.5) is 10.3 Å². The molecule has 0 saturated carbocycles. The largest absolute Gasteiger partial charge is 0.342 e. The van der Waals surface area contributed by atoms with Crippen molar-refractivity contribution in [3.63, 3.8) is 0 Å². The van der Waals surface area contributed by atoms with Gasteiger partial charge >= 0.3 is 0 Å². The van der Waals surface area contributed by atoms with Crippen LogP contribution in [0.3, 0.4) is 0 Å². The van der Waals surface area contributed by atoms with E-state index in [9.17, 15) is 12.8 Å². The molecule has 0 aliphatic carbocycles. The number of fused-ring (bicyclic) bond motifs is 1. The summed E-state index contributed by atoms with van der Waals surface area (Å²) < 4.78 is 38.3. The number of anilines is 1. The van der Waals surface area contributed by atoms with Crippen LogP contribution in [0.25, 0.3) is 11.0 Å². The van der Waals surface area contributed by atoms with Crippen molar-refractivity contribution in [1.82, 2.24) is 9.55 Å². The van der Waals surface area contributed by atoms with E-state index in [0.717, 1.165) is 0 Å². The van der Waals surface area contributed by atoms with Gasteiger partial charge in [-0.2, -0.15) is 0 Å². The van der Waals surface area contributed by atoms with Crippen molar-refractivity contribution in [2.45, 2.75) is 18.1 Å². The smallest absolute Gasteiger partial charge is 0.212 e. The molecule has 1 aliphatic heterocycles. The first-order chi connectivity index (χ1) is 9.88. The van der Waals surface area contributed by atoms with Gasteiger partial charge in [0.1, 0.15) is 11.3 Å². The summed E-state index contributed by atoms with van der Waals surface area (Å²) in [6.07, 6.45) is 0.926. The Morgan fingerprint density at radius 2 is 2.00 bits per heavy atom. The van der Waals surface area contributed by atoms with Crippen LogP contribution in [0.5, 0.6) is 0 Å². The summed E-state index contributed by atoms with van der Waals surface area (Å²) in [5.41, 5.74) is 1.06. The number of nitrogens with two attached hydrogens (primary N) is 1. The summed E-state index contributed by atoms with van der Waals surface area (Å²) in [5, 5.41) is 4.69. The Labute approximate surface area is 122 Å². The number of aromatic nitrogens is 2. The fourth-order valence-electron chi connectivity index (χ4n) is 2.88. The van der Waals surface area contributed by atoms with Crippen LogP contribution in [0.2, 0.25) is 0 Å². The molecule has 0 atom stereocenters. The summed E-state index contributed by atoms with van der Waals surface area (Å²) >= 11 is 0. The number of hydrogen-bond donors (Lipinski definition) is 1.